The molecule has 0 bridgehead atoms. The van der Waals surface area contributed by atoms with Crippen LogP contribution in [0.2, 0.25) is 0 Å². The van der Waals surface area contributed by atoms with Crippen molar-refractivity contribution in [2.45, 2.75) is 33.7 Å². The van der Waals surface area contributed by atoms with E-state index in [4.69, 9.17) is 4.74 Å². The van der Waals surface area contributed by atoms with Crippen molar-refractivity contribution in [1.29, 1.82) is 0 Å². The van der Waals surface area contributed by atoms with E-state index in [1.165, 1.54) is 11.1 Å². The van der Waals surface area contributed by atoms with Crippen molar-refractivity contribution in [1.82, 2.24) is 10.3 Å². The molecule has 1 atom stereocenters. The number of aromatic nitrogens is 1. The Labute approximate surface area is 149 Å². The van der Waals surface area contributed by atoms with Gasteiger partial charge in [-0.1, -0.05) is 18.2 Å². The Morgan fingerprint density at radius 2 is 2.04 bits per heavy atom. The van der Waals surface area contributed by atoms with E-state index >= 15 is 0 Å². The summed E-state index contributed by atoms with van der Waals surface area (Å²) < 4.78 is 5.61. The summed E-state index contributed by atoms with van der Waals surface area (Å²) >= 11 is 0. The number of fused-ring (bicyclic) bond motifs is 1. The van der Waals surface area contributed by atoms with Gasteiger partial charge in [-0.05, 0) is 56.5 Å². The predicted octanol–water partition coefficient (Wildman–Crippen LogP) is 3.08. The molecule has 2 heterocycles. The largest absolute Gasteiger partial charge is 0.474 e. The molecule has 0 radical (unpaired) electrons. The van der Waals surface area contributed by atoms with Gasteiger partial charge in [0.1, 0.15) is 12.3 Å². The minimum atomic E-state index is -0.0246. The van der Waals surface area contributed by atoms with Gasteiger partial charge in [-0.25, -0.2) is 4.98 Å². The molecule has 1 aromatic heterocycles. The van der Waals surface area contributed by atoms with E-state index in [1.807, 2.05) is 30.9 Å². The van der Waals surface area contributed by atoms with Crippen LogP contribution in [0.15, 0.2) is 30.3 Å². The lowest BCUT2D eigenvalue weighted by molar-refractivity contribution is -0.120. The molecule has 25 heavy (non-hydrogen) atoms. The van der Waals surface area contributed by atoms with Gasteiger partial charge in [0.25, 0.3) is 0 Å². The van der Waals surface area contributed by atoms with Gasteiger partial charge in [-0.2, -0.15) is 0 Å². The van der Waals surface area contributed by atoms with E-state index in [0.717, 1.165) is 16.9 Å². The number of amides is 1. The van der Waals surface area contributed by atoms with Crippen molar-refractivity contribution in [3.63, 3.8) is 0 Å². The molecule has 1 aliphatic heterocycles. The number of nitrogens with one attached hydrogen (secondary N) is 1. The Kier molecular flexibility index (Phi) is 4.93. The molecule has 1 amide bonds. The number of anilines is 1. The van der Waals surface area contributed by atoms with Crippen LogP contribution < -0.4 is 15.0 Å². The van der Waals surface area contributed by atoms with E-state index < -0.39 is 0 Å². The van der Waals surface area contributed by atoms with Gasteiger partial charge in [-0.15, -0.1) is 0 Å². The number of aryl methyl sites for hydroxylation is 3. The fourth-order valence-electron chi connectivity index (χ4n) is 2.99. The van der Waals surface area contributed by atoms with Crippen LogP contribution in [0.25, 0.3) is 0 Å². The first kappa shape index (κ1) is 17.3. The van der Waals surface area contributed by atoms with Crippen LogP contribution >= 0.6 is 0 Å². The first-order chi connectivity index (χ1) is 11.9. The zero-order valence-electron chi connectivity index (χ0n) is 15.3. The van der Waals surface area contributed by atoms with Crippen LogP contribution in [0.3, 0.4) is 0 Å². The third kappa shape index (κ3) is 3.92. The quantitative estimate of drug-likeness (QED) is 0.930. The summed E-state index contributed by atoms with van der Waals surface area (Å²) in [6.45, 7) is 9.66. The fourth-order valence-corrected chi connectivity index (χ4v) is 2.99. The second-order valence-corrected chi connectivity index (χ2v) is 6.68. The average Bonchev–Trinajstić information content (AvgIpc) is 2.57. The van der Waals surface area contributed by atoms with Gasteiger partial charge in [-0.3, -0.25) is 4.79 Å². The zero-order chi connectivity index (χ0) is 18.0. The van der Waals surface area contributed by atoms with Crippen LogP contribution in [-0.4, -0.2) is 30.6 Å². The molecule has 0 fully saturated rings. The predicted molar refractivity (Wildman–Crippen MR) is 99.2 cm³/mol. The monoisotopic (exact) mass is 339 g/mol. The number of benzene rings is 1. The number of pyridine rings is 1. The number of carbonyl (C=O) groups is 1. The van der Waals surface area contributed by atoms with Crippen LogP contribution in [0.5, 0.6) is 5.88 Å². The van der Waals surface area contributed by atoms with E-state index in [-0.39, 0.29) is 11.9 Å². The lowest BCUT2D eigenvalue weighted by Gasteiger charge is -2.30. The van der Waals surface area contributed by atoms with Crippen LogP contribution in [0, 0.1) is 20.8 Å². The minimum absolute atomic E-state index is 0.000784. The summed E-state index contributed by atoms with van der Waals surface area (Å²) in [4.78, 5) is 18.9. The first-order valence-corrected chi connectivity index (χ1v) is 8.66. The summed E-state index contributed by atoms with van der Waals surface area (Å²) in [5, 5.41) is 3.09. The Hall–Kier alpha value is -2.56. The van der Waals surface area contributed by atoms with Crippen LogP contribution in [0.4, 0.5) is 5.69 Å². The first-order valence-electron chi connectivity index (χ1n) is 8.66. The van der Waals surface area contributed by atoms with E-state index in [2.05, 4.69) is 42.3 Å². The molecule has 132 valence electrons. The average molecular weight is 339 g/mol. The van der Waals surface area contributed by atoms with Gasteiger partial charge < -0.3 is 15.0 Å². The van der Waals surface area contributed by atoms with Crippen molar-refractivity contribution in [2.75, 3.05) is 24.6 Å². The molecule has 1 aliphatic rings. The number of nitrogens with zero attached hydrogens (tertiary/aromatic N) is 2. The van der Waals surface area contributed by atoms with Gasteiger partial charge in [0.05, 0.1) is 19.1 Å². The molecule has 5 nitrogen and oxygen atoms in total. The Morgan fingerprint density at radius 1 is 1.24 bits per heavy atom. The van der Waals surface area contributed by atoms with E-state index in [0.29, 0.717) is 25.6 Å². The zero-order valence-corrected chi connectivity index (χ0v) is 15.3. The molecule has 1 aromatic carbocycles. The smallest absolute Gasteiger partial charge is 0.239 e. The van der Waals surface area contributed by atoms with Gasteiger partial charge in [0, 0.05) is 5.69 Å². The molecule has 3 rings (SSSR count). The maximum atomic E-state index is 12.5. The second-order valence-electron chi connectivity index (χ2n) is 6.68. The Balaban J connectivity index is 1.66. The highest BCUT2D eigenvalue weighted by Crippen LogP contribution is 2.29. The van der Waals surface area contributed by atoms with Crippen molar-refractivity contribution in [2.24, 2.45) is 0 Å². The summed E-state index contributed by atoms with van der Waals surface area (Å²) in [7, 11) is 0. The van der Waals surface area contributed by atoms with E-state index in [9.17, 15) is 4.79 Å². The van der Waals surface area contributed by atoms with Crippen LogP contribution in [-0.2, 0) is 4.79 Å². The molecule has 2 aromatic rings. The number of hydrogen-bond acceptors (Lipinski definition) is 4. The SMILES string of the molecule is Cc1ccc2c(n1)OCCN2CC(=O)NC(C)c1ccc(C)c(C)c1. The van der Waals surface area contributed by atoms with Crippen molar-refractivity contribution < 1.29 is 9.53 Å². The molecule has 0 aliphatic carbocycles. The number of rotatable bonds is 4. The molecular formula is C20H25N3O2. The third-order valence-corrected chi connectivity index (χ3v) is 4.66. The summed E-state index contributed by atoms with van der Waals surface area (Å²) in [5.74, 6) is 0.611. The van der Waals surface area contributed by atoms with Crippen molar-refractivity contribution in [3.8, 4) is 5.88 Å². The number of hydrogen-bond donors (Lipinski definition) is 1. The molecule has 1 N–H and O–H groups in total. The fraction of sp³-hybridized carbons (Fsp3) is 0.400. The molecular weight excluding hydrogens is 314 g/mol. The number of carbonyl (C=O) groups excluding carboxylic acids is 1. The standard InChI is InChI=1S/C20H25N3O2/c1-13-5-7-17(11-14(13)2)16(4)22-19(24)12-23-9-10-25-20-18(23)8-6-15(3)21-20/h5-8,11,16H,9-10,12H2,1-4H3,(H,22,24). The van der Waals surface area contributed by atoms with Crippen LogP contribution in [0.1, 0.15) is 35.3 Å². The maximum absolute atomic E-state index is 12.5. The van der Waals surface area contributed by atoms with Crippen molar-refractivity contribution >= 4 is 11.6 Å². The van der Waals surface area contributed by atoms with Gasteiger partial charge in [0.2, 0.25) is 11.8 Å². The third-order valence-electron chi connectivity index (χ3n) is 4.66. The second kappa shape index (κ2) is 7.13. The van der Waals surface area contributed by atoms with Crippen molar-refractivity contribution in [3.05, 3.63) is 52.7 Å². The highest BCUT2D eigenvalue weighted by atomic mass is 16.5. The molecule has 0 saturated heterocycles. The molecule has 5 heteroatoms. The lowest BCUT2D eigenvalue weighted by Crippen LogP contribution is -2.42. The summed E-state index contributed by atoms with van der Waals surface area (Å²) in [5.41, 5.74) is 5.41. The van der Waals surface area contributed by atoms with Gasteiger partial charge >= 0.3 is 0 Å². The Morgan fingerprint density at radius 3 is 2.80 bits per heavy atom. The highest BCUT2D eigenvalue weighted by Gasteiger charge is 2.22. The molecule has 0 spiro atoms. The maximum Gasteiger partial charge on any atom is 0.239 e. The summed E-state index contributed by atoms with van der Waals surface area (Å²) in [6, 6.07) is 10.2. The summed E-state index contributed by atoms with van der Waals surface area (Å²) in [6.07, 6.45) is 0. The highest BCUT2D eigenvalue weighted by molar-refractivity contribution is 5.82. The van der Waals surface area contributed by atoms with Gasteiger partial charge in [0.15, 0.2) is 0 Å². The Bertz CT molecular complexity index is 789. The lowest BCUT2D eigenvalue weighted by atomic mass is 10.0. The normalized spacial score (nSPS) is 14.5. The minimum Gasteiger partial charge on any atom is -0.474 e. The molecule has 0 saturated carbocycles. The molecule has 1 unspecified atom stereocenters. The number of ether oxygens (including phenoxy) is 1. The topological polar surface area (TPSA) is 54.5 Å². The van der Waals surface area contributed by atoms with E-state index in [1.54, 1.807) is 0 Å².